The number of nitrogens with zero attached hydrogens (tertiary/aromatic N) is 2. The minimum Gasteiger partial charge on any atom is -0.481 e. The van der Waals surface area contributed by atoms with Gasteiger partial charge in [-0.05, 0) is 12.8 Å². The van der Waals surface area contributed by atoms with E-state index in [1.54, 1.807) is 0 Å². The summed E-state index contributed by atoms with van der Waals surface area (Å²) in [6, 6.07) is -0.341. The van der Waals surface area contributed by atoms with Crippen LogP contribution in [-0.2, 0) is 14.3 Å². The van der Waals surface area contributed by atoms with Crippen molar-refractivity contribution in [1.82, 2.24) is 9.80 Å². The quantitative estimate of drug-likeness (QED) is 0.720. The molecule has 1 aliphatic rings. The molecule has 7 nitrogen and oxygen atoms in total. The van der Waals surface area contributed by atoms with E-state index in [9.17, 15) is 14.4 Å². The lowest BCUT2D eigenvalue weighted by molar-refractivity contribution is -0.144. The summed E-state index contributed by atoms with van der Waals surface area (Å²) >= 11 is 0. The maximum atomic E-state index is 12.0. The Morgan fingerprint density at radius 2 is 2.11 bits per heavy atom. The molecule has 7 heteroatoms. The van der Waals surface area contributed by atoms with E-state index in [2.05, 4.69) is 4.74 Å². The largest absolute Gasteiger partial charge is 0.481 e. The number of methoxy groups -OCH3 is 1. The van der Waals surface area contributed by atoms with E-state index in [4.69, 9.17) is 5.11 Å². The Hall–Kier alpha value is -1.79. The number of carboxylic acid groups (broad SMARTS) is 1. The Morgan fingerprint density at radius 3 is 2.67 bits per heavy atom. The molecule has 0 unspecified atom stereocenters. The van der Waals surface area contributed by atoms with Crippen LogP contribution in [0, 0.1) is 5.92 Å². The van der Waals surface area contributed by atoms with Gasteiger partial charge in [0.1, 0.15) is 6.54 Å². The van der Waals surface area contributed by atoms with Crippen LogP contribution in [0.5, 0.6) is 0 Å². The molecule has 0 aromatic rings. The van der Waals surface area contributed by atoms with Gasteiger partial charge in [0.25, 0.3) is 0 Å². The molecule has 1 aliphatic heterocycles. The second kappa shape index (κ2) is 6.23. The van der Waals surface area contributed by atoms with E-state index in [1.807, 2.05) is 0 Å². The van der Waals surface area contributed by atoms with Gasteiger partial charge in [0.05, 0.1) is 13.0 Å². The molecule has 102 valence electrons. The number of aliphatic carboxylic acids is 1. The molecule has 1 rings (SSSR count). The zero-order valence-corrected chi connectivity index (χ0v) is 10.6. The van der Waals surface area contributed by atoms with Gasteiger partial charge in [-0.3, -0.25) is 9.59 Å². The van der Waals surface area contributed by atoms with Crippen molar-refractivity contribution in [3.8, 4) is 0 Å². The summed E-state index contributed by atoms with van der Waals surface area (Å²) < 4.78 is 4.47. The van der Waals surface area contributed by atoms with Crippen molar-refractivity contribution < 1.29 is 24.2 Å². The second-order valence-corrected chi connectivity index (χ2v) is 4.34. The molecular formula is C11H18N2O5. The number of carbonyl (C=O) groups is 3. The van der Waals surface area contributed by atoms with Crippen LogP contribution in [0.15, 0.2) is 0 Å². The molecule has 0 aromatic heterocycles. The molecule has 0 spiro atoms. The monoisotopic (exact) mass is 258 g/mol. The molecule has 18 heavy (non-hydrogen) atoms. The number of carbonyl (C=O) groups excluding carboxylic acids is 2. The predicted octanol–water partition coefficient (Wildman–Crippen LogP) is 0.00780. The first-order chi connectivity index (χ1) is 8.45. The number of urea groups is 1. The number of likely N-dealkylation sites (N-methyl/N-ethyl adjacent to an activating group) is 1. The van der Waals surface area contributed by atoms with Crippen LogP contribution in [0.25, 0.3) is 0 Å². The van der Waals surface area contributed by atoms with E-state index in [1.165, 1.54) is 24.0 Å². The lowest BCUT2D eigenvalue weighted by atomic mass is 9.99. The number of esters is 1. The summed E-state index contributed by atoms with van der Waals surface area (Å²) in [6.07, 6.45) is 1.24. The highest BCUT2D eigenvalue weighted by Crippen LogP contribution is 2.17. The summed E-state index contributed by atoms with van der Waals surface area (Å²) in [5.41, 5.74) is 0. The molecule has 2 amide bonds. The highest BCUT2D eigenvalue weighted by Gasteiger charge is 2.29. The fraction of sp³-hybridized carbons (Fsp3) is 0.727. The molecule has 1 atom stereocenters. The van der Waals surface area contributed by atoms with Crippen molar-refractivity contribution in [2.45, 2.75) is 12.8 Å². The number of piperidine rings is 1. The second-order valence-electron chi connectivity index (χ2n) is 4.34. The van der Waals surface area contributed by atoms with Gasteiger partial charge in [-0.1, -0.05) is 0 Å². The van der Waals surface area contributed by atoms with Crippen LogP contribution in [0.2, 0.25) is 0 Å². The van der Waals surface area contributed by atoms with Gasteiger partial charge in [-0.15, -0.1) is 0 Å². The van der Waals surface area contributed by atoms with Crippen molar-refractivity contribution >= 4 is 18.0 Å². The van der Waals surface area contributed by atoms with Gasteiger partial charge < -0.3 is 19.6 Å². The van der Waals surface area contributed by atoms with Crippen molar-refractivity contribution in [2.75, 3.05) is 33.8 Å². The molecule has 0 aliphatic carbocycles. The molecule has 1 saturated heterocycles. The van der Waals surface area contributed by atoms with E-state index in [0.717, 1.165) is 0 Å². The first kappa shape index (κ1) is 14.3. The van der Waals surface area contributed by atoms with Crippen molar-refractivity contribution in [1.29, 1.82) is 0 Å². The average molecular weight is 258 g/mol. The third kappa shape index (κ3) is 3.61. The average Bonchev–Trinajstić information content (AvgIpc) is 2.37. The first-order valence-electron chi connectivity index (χ1n) is 5.75. The lowest BCUT2D eigenvalue weighted by Gasteiger charge is -2.33. The minimum absolute atomic E-state index is 0.135. The minimum atomic E-state index is -0.886. The topological polar surface area (TPSA) is 87.2 Å². The number of hydrogen-bond donors (Lipinski definition) is 1. The van der Waals surface area contributed by atoms with Gasteiger partial charge in [0.15, 0.2) is 0 Å². The van der Waals surface area contributed by atoms with E-state index in [0.29, 0.717) is 19.4 Å². The zero-order chi connectivity index (χ0) is 13.7. The summed E-state index contributed by atoms with van der Waals surface area (Å²) in [6.45, 7) is 0.581. The third-order valence-corrected chi connectivity index (χ3v) is 2.96. The Kier molecular flexibility index (Phi) is 4.94. The Bertz CT molecular complexity index is 344. The van der Waals surface area contributed by atoms with E-state index >= 15 is 0 Å². The molecule has 1 heterocycles. The predicted molar refractivity (Wildman–Crippen MR) is 62.0 cm³/mol. The molecule has 1 fully saturated rings. The normalized spacial score (nSPS) is 19.2. The van der Waals surface area contributed by atoms with Crippen LogP contribution < -0.4 is 0 Å². The maximum Gasteiger partial charge on any atom is 0.325 e. The standard InChI is InChI=1S/C11H18N2O5/c1-12(7-9(14)18-2)11(17)13-5-3-4-8(6-13)10(15)16/h8H,3-7H2,1-2H3,(H,15,16)/t8-/m0/s1. The highest BCUT2D eigenvalue weighted by atomic mass is 16.5. The van der Waals surface area contributed by atoms with Gasteiger partial charge >= 0.3 is 18.0 Å². The van der Waals surface area contributed by atoms with Gasteiger partial charge in [0, 0.05) is 20.1 Å². The van der Waals surface area contributed by atoms with Crippen LogP contribution in [0.4, 0.5) is 4.79 Å². The van der Waals surface area contributed by atoms with Crippen LogP contribution in [0.1, 0.15) is 12.8 Å². The molecular weight excluding hydrogens is 240 g/mol. The first-order valence-corrected chi connectivity index (χ1v) is 5.75. The summed E-state index contributed by atoms with van der Waals surface area (Å²) in [4.78, 5) is 36.6. The number of likely N-dealkylation sites (tertiary alicyclic amines) is 1. The lowest BCUT2D eigenvalue weighted by Crippen LogP contribution is -2.48. The van der Waals surface area contributed by atoms with Crippen LogP contribution in [-0.4, -0.2) is 66.7 Å². The molecule has 0 aromatic carbocycles. The fourth-order valence-corrected chi connectivity index (χ4v) is 1.92. The smallest absolute Gasteiger partial charge is 0.325 e. The number of rotatable bonds is 3. The highest BCUT2D eigenvalue weighted by molar-refractivity contribution is 5.81. The van der Waals surface area contributed by atoms with E-state index in [-0.39, 0.29) is 19.1 Å². The van der Waals surface area contributed by atoms with Crippen molar-refractivity contribution in [3.05, 3.63) is 0 Å². The SMILES string of the molecule is COC(=O)CN(C)C(=O)N1CCC[C@H](C(=O)O)C1. The van der Waals surface area contributed by atoms with Crippen molar-refractivity contribution in [3.63, 3.8) is 0 Å². The molecule has 0 saturated carbocycles. The molecule has 0 bridgehead atoms. The van der Waals surface area contributed by atoms with E-state index < -0.39 is 17.9 Å². The zero-order valence-electron chi connectivity index (χ0n) is 10.6. The Labute approximate surface area is 105 Å². The Balaban J connectivity index is 2.55. The molecule has 0 radical (unpaired) electrons. The van der Waals surface area contributed by atoms with Gasteiger partial charge in [-0.2, -0.15) is 0 Å². The number of carboxylic acids is 1. The maximum absolute atomic E-state index is 12.0. The number of ether oxygens (including phenoxy) is 1. The summed E-state index contributed by atoms with van der Waals surface area (Å²) in [5.74, 6) is -1.91. The fourth-order valence-electron chi connectivity index (χ4n) is 1.92. The van der Waals surface area contributed by atoms with Gasteiger partial charge in [-0.25, -0.2) is 4.79 Å². The van der Waals surface area contributed by atoms with Crippen LogP contribution >= 0.6 is 0 Å². The van der Waals surface area contributed by atoms with Gasteiger partial charge in [0.2, 0.25) is 0 Å². The van der Waals surface area contributed by atoms with Crippen molar-refractivity contribution in [2.24, 2.45) is 5.92 Å². The number of hydrogen-bond acceptors (Lipinski definition) is 4. The summed E-state index contributed by atoms with van der Waals surface area (Å²) in [7, 11) is 2.74. The molecule has 1 N–H and O–H groups in total. The third-order valence-electron chi connectivity index (χ3n) is 2.96. The van der Waals surface area contributed by atoms with Crippen LogP contribution in [0.3, 0.4) is 0 Å². The number of amides is 2. The summed E-state index contributed by atoms with van der Waals surface area (Å²) in [5, 5.41) is 8.93. The Morgan fingerprint density at radius 1 is 1.44 bits per heavy atom.